The van der Waals surface area contributed by atoms with Gasteiger partial charge in [0.15, 0.2) is 6.89 Å². The summed E-state index contributed by atoms with van der Waals surface area (Å²) in [5, 5.41) is 7.89. The van der Waals surface area contributed by atoms with Gasteiger partial charge >= 0.3 is 0 Å². The highest BCUT2D eigenvalue weighted by atomic mass is 31.1. The molecule has 6 heavy (non-hydrogen) atoms. The van der Waals surface area contributed by atoms with E-state index in [9.17, 15) is 0 Å². The Morgan fingerprint density at radius 3 is 2.67 bits per heavy atom. The van der Waals surface area contributed by atoms with E-state index < -0.39 is 0 Å². The molecule has 2 nitrogen and oxygen atoms in total. The second kappa shape index (κ2) is 5.54. The van der Waals surface area contributed by atoms with E-state index in [4.69, 9.17) is 5.02 Å². The quantitative estimate of drug-likeness (QED) is 0.273. The van der Waals surface area contributed by atoms with Gasteiger partial charge in [0.05, 0.1) is 0 Å². The first-order chi connectivity index (χ1) is 2.91. The lowest BCUT2D eigenvalue weighted by Gasteiger charge is -1.86. The van der Waals surface area contributed by atoms with Crippen LogP contribution in [-0.2, 0) is 4.44 Å². The van der Waals surface area contributed by atoms with Gasteiger partial charge in [0.25, 0.3) is 8.05 Å². The molecule has 0 saturated heterocycles. The Balaban J connectivity index is 2.34. The maximum atomic E-state index is 7.89. The van der Waals surface area contributed by atoms with Crippen LogP contribution in [0.1, 0.15) is 0 Å². The summed E-state index contributed by atoms with van der Waals surface area (Å²) in [7, 11) is 5.52. The van der Waals surface area contributed by atoms with Crippen LogP contribution >= 0.6 is 8.69 Å². The summed E-state index contributed by atoms with van der Waals surface area (Å²) >= 11 is 0. The zero-order chi connectivity index (χ0) is 4.83. The van der Waals surface area contributed by atoms with Crippen LogP contribution in [0, 0.1) is 0 Å². The Morgan fingerprint density at radius 1 is 1.83 bits per heavy atom. The minimum absolute atomic E-state index is 0.0621. The molecule has 0 aromatic heterocycles. The molecule has 0 fully saturated rings. The van der Waals surface area contributed by atoms with E-state index in [1.165, 1.54) is 6.89 Å². The van der Waals surface area contributed by atoms with Crippen molar-refractivity contribution in [2.24, 2.45) is 0 Å². The highest BCUT2D eigenvalue weighted by Crippen LogP contribution is 2.00. The highest BCUT2D eigenvalue weighted by Gasteiger charge is 1.83. The van der Waals surface area contributed by atoms with Gasteiger partial charge in [0, 0.05) is 0 Å². The monoisotopic (exact) mass is 98.0 g/mol. The van der Waals surface area contributed by atoms with Crippen molar-refractivity contribution in [1.82, 2.24) is 0 Å². The molecule has 1 N–H and O–H groups in total. The fourth-order valence-corrected chi connectivity index (χ4v) is 0.209. The van der Waals surface area contributed by atoms with Gasteiger partial charge < -0.3 is 9.47 Å². The van der Waals surface area contributed by atoms with E-state index in [0.29, 0.717) is 0 Å². The lowest BCUT2D eigenvalue weighted by atomic mass is 9.71. The Hall–Kier alpha value is 0.545. The van der Waals surface area contributed by atoms with Gasteiger partial charge in [-0.15, -0.1) is 0 Å². The molecular weight excluding hydrogens is 95.4 g/mol. The standard InChI is InChI=1S/B3H2O2P/c1-5-6-3-2-4/h4,6H. The van der Waals surface area contributed by atoms with Crippen molar-refractivity contribution in [1.29, 1.82) is 0 Å². The van der Waals surface area contributed by atoms with Crippen molar-refractivity contribution in [2.75, 3.05) is 0 Å². The molecule has 0 spiro atoms. The normalized spacial score (nSPS) is 9.50. The number of hydrogen-bond donors (Lipinski definition) is 1. The van der Waals surface area contributed by atoms with Crippen LogP contribution < -0.4 is 0 Å². The molecule has 0 bridgehead atoms. The molecule has 0 aromatic carbocycles. The van der Waals surface area contributed by atoms with Gasteiger partial charge in [-0.25, -0.2) is 0 Å². The Kier molecular flexibility index (Phi) is 6.05. The molecule has 1 atom stereocenters. The minimum Gasteiger partial charge on any atom is -0.464 e. The summed E-state index contributed by atoms with van der Waals surface area (Å²) < 4.78 is 4.06. The predicted molar refractivity (Wildman–Crippen MR) is 28.9 cm³/mol. The van der Waals surface area contributed by atoms with Crippen LogP contribution in [0.4, 0.5) is 0 Å². The summed E-state index contributed by atoms with van der Waals surface area (Å²) in [5.41, 5.74) is 0. The largest absolute Gasteiger partial charge is 0.464 e. The van der Waals surface area contributed by atoms with Crippen LogP contribution in [0.5, 0.6) is 0 Å². The van der Waals surface area contributed by atoms with Crippen LogP contribution in [-0.4, -0.2) is 27.3 Å². The molecule has 0 saturated carbocycles. The van der Waals surface area contributed by atoms with Crippen LogP contribution in [0.2, 0.25) is 0 Å². The summed E-state index contributed by atoms with van der Waals surface area (Å²) in [5.74, 6) is 0. The Labute approximate surface area is 41.4 Å². The molecule has 1 unspecified atom stereocenters. The molecule has 0 aliphatic heterocycles. The Morgan fingerprint density at radius 2 is 2.50 bits per heavy atom. The first-order valence-electron chi connectivity index (χ1n) is 1.32. The molecule has 0 heterocycles. The zero-order valence-electron chi connectivity index (χ0n) is 3.09. The van der Waals surface area contributed by atoms with Gasteiger partial charge in [-0.05, 0) is 0 Å². The average molecular weight is 97.4 g/mol. The Bertz CT molecular complexity index is 20.8. The predicted octanol–water partition coefficient (Wildman–Crippen LogP) is -1.17. The molecule has 4 radical (unpaired) electrons. The minimum atomic E-state index is 0.0621. The molecule has 28 valence electrons. The maximum Gasteiger partial charge on any atom is 0.287 e. The molecular formula is H2B3O2P. The number of rotatable bonds is 3. The first kappa shape index (κ1) is 6.54. The van der Waals surface area contributed by atoms with Gasteiger partial charge in [0.1, 0.15) is 0 Å². The van der Waals surface area contributed by atoms with Crippen LogP contribution in [0.25, 0.3) is 0 Å². The third kappa shape index (κ3) is 4.54. The smallest absolute Gasteiger partial charge is 0.287 e. The van der Waals surface area contributed by atoms with Crippen molar-refractivity contribution in [3.8, 4) is 0 Å². The summed E-state index contributed by atoms with van der Waals surface area (Å²) in [4.78, 5) is 0. The molecule has 0 rings (SSSR count). The average Bonchev–Trinajstić information content (AvgIpc) is 1.61. The van der Waals surface area contributed by atoms with Crippen LogP contribution in [0.3, 0.4) is 0 Å². The van der Waals surface area contributed by atoms with Gasteiger partial charge in [-0.1, -0.05) is 8.69 Å². The van der Waals surface area contributed by atoms with Gasteiger partial charge in [-0.2, -0.15) is 0 Å². The lowest BCUT2D eigenvalue weighted by molar-refractivity contribution is 0.621. The van der Waals surface area contributed by atoms with Gasteiger partial charge in [0.2, 0.25) is 7.37 Å². The van der Waals surface area contributed by atoms with E-state index in [-0.39, 0.29) is 8.69 Å². The van der Waals surface area contributed by atoms with Crippen molar-refractivity contribution >= 4 is 31.0 Å². The summed E-state index contributed by atoms with van der Waals surface area (Å²) in [6.45, 7) is 1.42. The lowest BCUT2D eigenvalue weighted by Crippen LogP contribution is -1.94. The molecule has 6 heteroatoms. The van der Waals surface area contributed by atoms with E-state index in [1.54, 1.807) is 0 Å². The molecule has 0 amide bonds. The first-order valence-corrected chi connectivity index (χ1v) is 2.31. The van der Waals surface area contributed by atoms with Gasteiger partial charge in [-0.3, -0.25) is 0 Å². The highest BCUT2D eigenvalue weighted by molar-refractivity contribution is 7.76. The zero-order valence-corrected chi connectivity index (χ0v) is 4.09. The van der Waals surface area contributed by atoms with E-state index in [0.717, 1.165) is 7.37 Å². The van der Waals surface area contributed by atoms with Crippen molar-refractivity contribution in [3.63, 3.8) is 0 Å². The maximum absolute atomic E-state index is 7.89. The fraction of sp³-hybridized carbons (Fsp3) is 0. The second-order valence-corrected chi connectivity index (χ2v) is 1.36. The molecule has 0 aliphatic carbocycles. The van der Waals surface area contributed by atoms with Crippen molar-refractivity contribution in [2.45, 2.75) is 0 Å². The fourth-order valence-electron chi connectivity index (χ4n) is 0.0697. The molecule has 0 aliphatic rings. The molecule has 0 aromatic rings. The third-order valence-corrected chi connectivity index (χ3v) is 0.632. The van der Waals surface area contributed by atoms with Crippen LogP contribution in [0.15, 0.2) is 0 Å². The van der Waals surface area contributed by atoms with Crippen molar-refractivity contribution < 1.29 is 9.47 Å². The van der Waals surface area contributed by atoms with Crippen molar-refractivity contribution in [3.05, 3.63) is 0 Å². The summed E-state index contributed by atoms with van der Waals surface area (Å²) in [6, 6.07) is 0. The number of hydrogen-bond acceptors (Lipinski definition) is 2. The summed E-state index contributed by atoms with van der Waals surface area (Å²) in [6.07, 6.45) is 0. The van der Waals surface area contributed by atoms with E-state index in [2.05, 4.69) is 12.5 Å². The topological polar surface area (TPSA) is 29.5 Å². The SMILES string of the molecule is [B]OP[B][B]O. The van der Waals surface area contributed by atoms with E-state index >= 15 is 0 Å². The van der Waals surface area contributed by atoms with E-state index in [1.807, 2.05) is 0 Å². The third-order valence-electron chi connectivity index (χ3n) is 0.211. The second-order valence-electron chi connectivity index (χ2n) is 0.551.